The van der Waals surface area contributed by atoms with Crippen LogP contribution in [0.3, 0.4) is 0 Å². The molecule has 1 fully saturated rings. The summed E-state index contributed by atoms with van der Waals surface area (Å²) in [5.74, 6) is 0. The fraction of sp³-hybridized carbons (Fsp3) is 0.579. The Morgan fingerprint density at radius 3 is 2.10 bits per heavy atom. The van der Waals surface area contributed by atoms with Gasteiger partial charge in [0, 0.05) is 0 Å². The van der Waals surface area contributed by atoms with E-state index < -0.39 is 0 Å². The van der Waals surface area contributed by atoms with Gasteiger partial charge in [0.05, 0.1) is 0 Å². The van der Waals surface area contributed by atoms with E-state index in [-0.39, 0.29) is 0 Å². The van der Waals surface area contributed by atoms with E-state index in [4.69, 9.17) is 0 Å². The summed E-state index contributed by atoms with van der Waals surface area (Å²) in [6.45, 7) is 2.53. The van der Waals surface area contributed by atoms with Crippen molar-refractivity contribution in [2.24, 2.45) is 5.41 Å². The Labute approximate surface area is 125 Å². The van der Waals surface area contributed by atoms with Crippen LogP contribution in [-0.2, 0) is 0 Å². The summed E-state index contributed by atoms with van der Waals surface area (Å²) in [5.41, 5.74) is 1.90. The van der Waals surface area contributed by atoms with Crippen LogP contribution >= 0.6 is 8.58 Å². The molecule has 0 saturated heterocycles. The molecule has 1 heterocycles. The zero-order valence-corrected chi connectivity index (χ0v) is 13.6. The minimum atomic E-state index is 0.442. The quantitative estimate of drug-likeness (QED) is 0.543. The van der Waals surface area contributed by atoms with Crippen LogP contribution in [0.5, 0.6) is 0 Å². The molecule has 0 N–H and O–H groups in total. The van der Waals surface area contributed by atoms with Gasteiger partial charge >= 0.3 is 0 Å². The third kappa shape index (κ3) is 3.17. The van der Waals surface area contributed by atoms with E-state index in [0.29, 0.717) is 5.41 Å². The molecule has 1 saturated carbocycles. The molecule has 0 amide bonds. The second-order valence-electron chi connectivity index (χ2n) is 6.74. The van der Waals surface area contributed by atoms with Gasteiger partial charge in [-0.1, -0.05) is 76.1 Å². The van der Waals surface area contributed by atoms with Crippen LogP contribution in [0, 0.1) is 5.41 Å². The molecule has 0 nitrogen and oxygen atoms in total. The van der Waals surface area contributed by atoms with Crippen LogP contribution < -0.4 is 5.30 Å². The van der Waals surface area contributed by atoms with Crippen molar-refractivity contribution in [1.82, 2.24) is 0 Å². The minimum absolute atomic E-state index is 0.442. The van der Waals surface area contributed by atoms with Crippen molar-refractivity contribution in [2.45, 2.75) is 64.7 Å². The zero-order valence-electron chi connectivity index (χ0n) is 12.7. The van der Waals surface area contributed by atoms with Crippen molar-refractivity contribution in [3.05, 3.63) is 35.1 Å². The van der Waals surface area contributed by atoms with Gasteiger partial charge in [0.15, 0.2) is 0 Å². The van der Waals surface area contributed by atoms with Gasteiger partial charge in [-0.15, -0.1) is 0 Å². The molecule has 3 rings (SSSR count). The highest BCUT2D eigenvalue weighted by Crippen LogP contribution is 2.50. The molecule has 1 aliphatic carbocycles. The average molecular weight is 285 g/mol. The second-order valence-corrected chi connectivity index (χ2v) is 7.92. The molecule has 0 atom stereocenters. The van der Waals surface area contributed by atoms with E-state index in [9.17, 15) is 0 Å². The van der Waals surface area contributed by atoms with Crippen LogP contribution in [0.25, 0.3) is 6.08 Å². The van der Waals surface area contributed by atoms with Gasteiger partial charge in [-0.05, 0) is 49.1 Å². The standard InChI is InChI=1S/C19H26P/c1-19(13-9-5-3-2-4-6-10-14-19)18-15-16-11-7-8-12-17(16)20-18/h7-8,11-12,15H,2-6,9-10,13-14H2,1H3. The predicted octanol–water partition coefficient (Wildman–Crippen LogP) is 6.14. The van der Waals surface area contributed by atoms with Crippen LogP contribution in [0.1, 0.15) is 70.3 Å². The molecule has 1 heteroatoms. The molecule has 1 aromatic rings. The van der Waals surface area contributed by atoms with Crippen molar-refractivity contribution in [1.29, 1.82) is 0 Å². The van der Waals surface area contributed by atoms with Gasteiger partial charge in [0.25, 0.3) is 0 Å². The number of hydrogen-bond donors (Lipinski definition) is 0. The lowest BCUT2D eigenvalue weighted by atomic mass is 9.78. The fourth-order valence-corrected chi connectivity index (χ4v) is 5.01. The molecule has 20 heavy (non-hydrogen) atoms. The SMILES string of the molecule is CC1(C2=Cc3ccccc3[P]2)CCCCCCCCC1. The highest BCUT2D eigenvalue weighted by molar-refractivity contribution is 7.53. The third-order valence-electron chi connectivity index (χ3n) is 5.05. The molecule has 1 aromatic carbocycles. The maximum atomic E-state index is 2.53. The number of allylic oxidation sites excluding steroid dienone is 1. The molecule has 0 spiro atoms. The van der Waals surface area contributed by atoms with Crippen molar-refractivity contribution in [2.75, 3.05) is 0 Å². The summed E-state index contributed by atoms with van der Waals surface area (Å²) in [4.78, 5) is 0. The third-order valence-corrected chi connectivity index (χ3v) is 6.60. The van der Waals surface area contributed by atoms with Gasteiger partial charge in [-0.2, -0.15) is 0 Å². The first-order chi connectivity index (χ1) is 9.78. The van der Waals surface area contributed by atoms with Crippen LogP contribution in [-0.4, -0.2) is 0 Å². The van der Waals surface area contributed by atoms with Crippen molar-refractivity contribution in [3.63, 3.8) is 0 Å². The Balaban J connectivity index is 1.76. The Kier molecular flexibility index (Phi) is 4.61. The minimum Gasteiger partial charge on any atom is -0.0616 e. The van der Waals surface area contributed by atoms with Gasteiger partial charge in [0.1, 0.15) is 0 Å². The van der Waals surface area contributed by atoms with Crippen LogP contribution in [0.2, 0.25) is 0 Å². The zero-order chi connectivity index (χ0) is 13.8. The van der Waals surface area contributed by atoms with Crippen LogP contribution in [0.4, 0.5) is 0 Å². The Morgan fingerprint density at radius 1 is 0.850 bits per heavy atom. The highest BCUT2D eigenvalue weighted by atomic mass is 31.1. The first-order valence-electron chi connectivity index (χ1n) is 8.31. The average Bonchev–Trinajstić information content (AvgIpc) is 2.91. The van der Waals surface area contributed by atoms with Crippen molar-refractivity contribution < 1.29 is 0 Å². The molecule has 107 valence electrons. The monoisotopic (exact) mass is 285 g/mol. The topological polar surface area (TPSA) is 0 Å². The summed E-state index contributed by atoms with van der Waals surface area (Å²) >= 11 is 0. The van der Waals surface area contributed by atoms with E-state index >= 15 is 0 Å². The first-order valence-corrected chi connectivity index (χ1v) is 9.20. The molecule has 2 aliphatic rings. The molecule has 0 bridgehead atoms. The Bertz CT molecular complexity index is 476. The van der Waals surface area contributed by atoms with E-state index in [2.05, 4.69) is 37.3 Å². The largest absolute Gasteiger partial charge is 0.0616 e. The van der Waals surface area contributed by atoms with E-state index in [1.165, 1.54) is 77.2 Å². The second kappa shape index (κ2) is 6.44. The van der Waals surface area contributed by atoms with Crippen LogP contribution in [0.15, 0.2) is 29.6 Å². The number of hydrogen-bond acceptors (Lipinski definition) is 0. The number of fused-ring (bicyclic) bond motifs is 1. The fourth-order valence-electron chi connectivity index (χ4n) is 3.63. The lowest BCUT2D eigenvalue weighted by Crippen LogP contribution is -2.18. The van der Waals surface area contributed by atoms with Gasteiger partial charge in [-0.3, -0.25) is 0 Å². The molecule has 1 aliphatic heterocycles. The lowest BCUT2D eigenvalue weighted by molar-refractivity contribution is 0.314. The summed E-state index contributed by atoms with van der Waals surface area (Å²) in [6.07, 6.45) is 15.3. The van der Waals surface area contributed by atoms with Gasteiger partial charge in [0.2, 0.25) is 0 Å². The Morgan fingerprint density at radius 2 is 1.45 bits per heavy atom. The summed E-state index contributed by atoms with van der Waals surface area (Å²) in [7, 11) is 1.48. The van der Waals surface area contributed by atoms with E-state index in [1.54, 1.807) is 5.31 Å². The molecule has 0 aromatic heterocycles. The van der Waals surface area contributed by atoms with Gasteiger partial charge < -0.3 is 0 Å². The summed E-state index contributed by atoms with van der Waals surface area (Å²) < 4.78 is 0. The smallest absolute Gasteiger partial charge is 0.00639 e. The maximum Gasteiger partial charge on any atom is -0.00639 e. The first kappa shape index (κ1) is 14.3. The molecular formula is C19H26P. The normalized spacial score (nSPS) is 24.1. The number of rotatable bonds is 1. The highest BCUT2D eigenvalue weighted by Gasteiger charge is 2.31. The summed E-state index contributed by atoms with van der Waals surface area (Å²) in [5, 5.41) is 3.19. The lowest BCUT2D eigenvalue weighted by Gasteiger charge is -2.32. The van der Waals surface area contributed by atoms with E-state index in [1.807, 2.05) is 0 Å². The Hall–Kier alpha value is -0.610. The maximum absolute atomic E-state index is 2.53. The van der Waals surface area contributed by atoms with Crippen molar-refractivity contribution >= 4 is 20.0 Å². The van der Waals surface area contributed by atoms with E-state index in [0.717, 1.165) is 0 Å². The molecule has 1 radical (unpaired) electrons. The van der Waals surface area contributed by atoms with Gasteiger partial charge in [-0.25, -0.2) is 0 Å². The van der Waals surface area contributed by atoms with Crippen molar-refractivity contribution in [3.8, 4) is 0 Å². The molecular weight excluding hydrogens is 259 g/mol. The number of benzene rings is 1. The molecule has 0 unspecified atom stereocenters. The predicted molar refractivity (Wildman–Crippen MR) is 90.6 cm³/mol. The summed E-state index contributed by atoms with van der Waals surface area (Å²) in [6, 6.07) is 8.92.